The molecule has 1 heterocycles. The number of nitrogens with zero attached hydrogens (tertiary/aromatic N) is 2. The average molecular weight is 380 g/mol. The Labute approximate surface area is 162 Å². The van der Waals surface area contributed by atoms with Crippen molar-refractivity contribution >= 4 is 17.5 Å². The number of aromatic nitrogens is 2. The molecule has 0 unspecified atom stereocenters. The Morgan fingerprint density at radius 2 is 1.89 bits per heavy atom. The van der Waals surface area contributed by atoms with Crippen molar-refractivity contribution in [3.63, 3.8) is 0 Å². The van der Waals surface area contributed by atoms with E-state index in [1.54, 1.807) is 23.0 Å². The number of benzene rings is 2. The van der Waals surface area contributed by atoms with E-state index in [1.165, 1.54) is 0 Å². The highest BCUT2D eigenvalue weighted by Crippen LogP contribution is 2.22. The molecular formula is C21H18ClN3O2. The highest BCUT2D eigenvalue weighted by Gasteiger charge is 2.14. The lowest BCUT2D eigenvalue weighted by atomic mass is 10.2. The third kappa shape index (κ3) is 4.69. The van der Waals surface area contributed by atoms with Gasteiger partial charge < -0.3 is 10.1 Å². The first-order valence-corrected chi connectivity index (χ1v) is 8.76. The van der Waals surface area contributed by atoms with Gasteiger partial charge >= 0.3 is 0 Å². The molecule has 5 nitrogen and oxygen atoms in total. The second kappa shape index (κ2) is 8.93. The first kappa shape index (κ1) is 18.6. The summed E-state index contributed by atoms with van der Waals surface area (Å²) in [6, 6.07) is 16.9. The number of para-hydroxylation sites is 2. The van der Waals surface area contributed by atoms with Crippen LogP contribution in [0.4, 0.5) is 0 Å². The van der Waals surface area contributed by atoms with Crippen LogP contribution in [0.15, 0.2) is 60.8 Å². The van der Waals surface area contributed by atoms with E-state index in [-0.39, 0.29) is 19.1 Å². The van der Waals surface area contributed by atoms with Gasteiger partial charge in [-0.25, -0.2) is 4.68 Å². The highest BCUT2D eigenvalue weighted by molar-refractivity contribution is 6.32. The minimum Gasteiger partial charge on any atom is -0.479 e. The van der Waals surface area contributed by atoms with Crippen molar-refractivity contribution in [2.45, 2.75) is 6.92 Å². The van der Waals surface area contributed by atoms with Crippen molar-refractivity contribution in [1.29, 1.82) is 0 Å². The molecule has 0 saturated carbocycles. The van der Waals surface area contributed by atoms with E-state index in [4.69, 9.17) is 16.3 Å². The molecule has 0 radical (unpaired) electrons. The molecule has 0 aliphatic carbocycles. The number of rotatable bonds is 5. The van der Waals surface area contributed by atoms with Crippen molar-refractivity contribution in [2.24, 2.45) is 0 Å². The molecule has 0 aliphatic heterocycles. The molecule has 2 aromatic carbocycles. The maximum atomic E-state index is 12.3. The average Bonchev–Trinajstić information content (AvgIpc) is 3.08. The molecule has 0 saturated heterocycles. The predicted octanol–water partition coefficient (Wildman–Crippen LogP) is 3.65. The molecule has 0 spiro atoms. The van der Waals surface area contributed by atoms with E-state index in [9.17, 15) is 4.79 Å². The van der Waals surface area contributed by atoms with E-state index >= 15 is 0 Å². The van der Waals surface area contributed by atoms with Gasteiger partial charge in [-0.05, 0) is 31.2 Å². The van der Waals surface area contributed by atoms with Gasteiger partial charge in [0.25, 0.3) is 5.91 Å². The Bertz CT molecular complexity index is 987. The lowest BCUT2D eigenvalue weighted by Crippen LogP contribution is -2.24. The van der Waals surface area contributed by atoms with Crippen molar-refractivity contribution in [1.82, 2.24) is 15.1 Å². The fourth-order valence-corrected chi connectivity index (χ4v) is 2.66. The molecule has 6 heteroatoms. The first-order valence-electron chi connectivity index (χ1n) is 8.38. The molecule has 1 amide bonds. The van der Waals surface area contributed by atoms with Crippen LogP contribution in [0, 0.1) is 18.8 Å². The van der Waals surface area contributed by atoms with Crippen molar-refractivity contribution in [3.05, 3.63) is 77.1 Å². The summed E-state index contributed by atoms with van der Waals surface area (Å²) in [6.45, 7) is 2.28. The number of carbonyl (C=O) groups excluding carboxylic acids is 1. The van der Waals surface area contributed by atoms with Gasteiger partial charge in [-0.15, -0.1) is 0 Å². The Morgan fingerprint density at radius 3 is 2.67 bits per heavy atom. The summed E-state index contributed by atoms with van der Waals surface area (Å²) in [6.07, 6.45) is 1.56. The summed E-state index contributed by atoms with van der Waals surface area (Å²) in [5.74, 6) is 6.08. The second-order valence-electron chi connectivity index (χ2n) is 5.65. The largest absolute Gasteiger partial charge is 0.479 e. The molecule has 27 heavy (non-hydrogen) atoms. The van der Waals surface area contributed by atoms with Gasteiger partial charge in [0.05, 0.1) is 34.7 Å². The van der Waals surface area contributed by atoms with Crippen molar-refractivity contribution in [3.8, 4) is 23.3 Å². The molecule has 1 aromatic heterocycles. The van der Waals surface area contributed by atoms with Gasteiger partial charge in [-0.2, -0.15) is 5.10 Å². The Morgan fingerprint density at radius 1 is 1.15 bits per heavy atom. The molecule has 0 aliphatic rings. The Kier molecular flexibility index (Phi) is 6.14. The van der Waals surface area contributed by atoms with Gasteiger partial charge in [0.2, 0.25) is 0 Å². The third-order valence-corrected chi connectivity index (χ3v) is 4.17. The number of hydrogen-bond donors (Lipinski definition) is 1. The number of ether oxygens (including phenoxy) is 1. The number of amides is 1. The lowest BCUT2D eigenvalue weighted by molar-refractivity contribution is 0.0958. The van der Waals surface area contributed by atoms with Crippen LogP contribution in [-0.4, -0.2) is 28.8 Å². The van der Waals surface area contributed by atoms with Gasteiger partial charge in [-0.3, -0.25) is 4.79 Å². The molecule has 0 bridgehead atoms. The zero-order chi connectivity index (χ0) is 19.1. The maximum absolute atomic E-state index is 12.3. The fraction of sp³-hybridized carbons (Fsp3) is 0.143. The number of nitrogens with one attached hydrogen (secondary N) is 1. The molecule has 0 atom stereocenters. The van der Waals surface area contributed by atoms with E-state index in [0.29, 0.717) is 16.3 Å². The normalized spacial score (nSPS) is 10.0. The summed E-state index contributed by atoms with van der Waals surface area (Å²) in [5.41, 5.74) is 2.20. The topological polar surface area (TPSA) is 56.1 Å². The molecule has 1 N–H and O–H groups in total. The Balaban J connectivity index is 1.52. The van der Waals surface area contributed by atoms with E-state index < -0.39 is 0 Å². The van der Waals surface area contributed by atoms with E-state index in [1.807, 2.05) is 49.4 Å². The van der Waals surface area contributed by atoms with Crippen LogP contribution in [0.3, 0.4) is 0 Å². The van der Waals surface area contributed by atoms with Crippen LogP contribution in [0.25, 0.3) is 5.69 Å². The quantitative estimate of drug-likeness (QED) is 0.688. The van der Waals surface area contributed by atoms with Crippen LogP contribution in [0.1, 0.15) is 16.1 Å². The summed E-state index contributed by atoms with van der Waals surface area (Å²) in [7, 11) is 0. The fourth-order valence-electron chi connectivity index (χ4n) is 2.47. The standard InChI is InChI=1S/C21H18ClN3O2/c1-16-18(15-24-25(16)17-9-3-2-4-10-17)21(26)23-13-7-8-14-27-20-12-6-5-11-19(20)22/h2-6,9-12,15H,13-14H2,1H3,(H,23,26). The minimum atomic E-state index is -0.212. The minimum absolute atomic E-state index is 0.199. The van der Waals surface area contributed by atoms with Crippen LogP contribution in [0.2, 0.25) is 5.02 Å². The van der Waals surface area contributed by atoms with Crippen LogP contribution in [0.5, 0.6) is 5.75 Å². The van der Waals surface area contributed by atoms with Gasteiger partial charge in [-0.1, -0.05) is 53.8 Å². The number of halogens is 1. The lowest BCUT2D eigenvalue weighted by Gasteiger charge is -2.05. The monoisotopic (exact) mass is 379 g/mol. The van der Waals surface area contributed by atoms with Crippen LogP contribution in [-0.2, 0) is 0 Å². The number of carbonyl (C=O) groups is 1. The van der Waals surface area contributed by atoms with E-state index in [0.717, 1.165) is 11.4 Å². The molecule has 3 rings (SSSR count). The summed E-state index contributed by atoms with van der Waals surface area (Å²) in [5, 5.41) is 7.60. The third-order valence-electron chi connectivity index (χ3n) is 3.85. The first-order chi connectivity index (χ1) is 13.2. The SMILES string of the molecule is Cc1c(C(=O)NCC#CCOc2ccccc2Cl)cnn1-c1ccccc1. The van der Waals surface area contributed by atoms with E-state index in [2.05, 4.69) is 22.3 Å². The summed E-state index contributed by atoms with van der Waals surface area (Å²) >= 11 is 6.00. The molecule has 0 fully saturated rings. The highest BCUT2D eigenvalue weighted by atomic mass is 35.5. The maximum Gasteiger partial charge on any atom is 0.255 e. The zero-order valence-electron chi connectivity index (χ0n) is 14.8. The van der Waals surface area contributed by atoms with Gasteiger partial charge in [0.15, 0.2) is 0 Å². The second-order valence-corrected chi connectivity index (χ2v) is 6.05. The van der Waals surface area contributed by atoms with Crippen LogP contribution < -0.4 is 10.1 Å². The van der Waals surface area contributed by atoms with Gasteiger partial charge in [0.1, 0.15) is 12.4 Å². The predicted molar refractivity (Wildman–Crippen MR) is 105 cm³/mol. The number of hydrogen-bond acceptors (Lipinski definition) is 3. The molecule has 3 aromatic rings. The van der Waals surface area contributed by atoms with Crippen molar-refractivity contribution in [2.75, 3.05) is 13.2 Å². The molecular weight excluding hydrogens is 362 g/mol. The van der Waals surface area contributed by atoms with Crippen molar-refractivity contribution < 1.29 is 9.53 Å². The zero-order valence-corrected chi connectivity index (χ0v) is 15.5. The summed E-state index contributed by atoms with van der Waals surface area (Å²) < 4.78 is 7.20. The van der Waals surface area contributed by atoms with Gasteiger partial charge in [0, 0.05) is 0 Å². The van der Waals surface area contributed by atoms with Crippen LogP contribution >= 0.6 is 11.6 Å². The smallest absolute Gasteiger partial charge is 0.255 e. The Hall–Kier alpha value is -3.23. The summed E-state index contributed by atoms with van der Waals surface area (Å²) in [4.78, 5) is 12.3. The molecule has 136 valence electrons.